The van der Waals surface area contributed by atoms with Gasteiger partial charge in [-0.2, -0.15) is 0 Å². The Kier molecular flexibility index (Phi) is 4.78. The highest BCUT2D eigenvalue weighted by Gasteiger charge is 2.17. The first-order valence-corrected chi connectivity index (χ1v) is 9.93. The molecule has 7 nitrogen and oxygen atoms in total. The minimum absolute atomic E-state index is 0.0902. The molecule has 2 aromatic carbocycles. The van der Waals surface area contributed by atoms with Crippen LogP contribution < -0.4 is 15.3 Å². The number of imidazole rings is 1. The quantitative estimate of drug-likeness (QED) is 0.618. The first-order valence-electron chi connectivity index (χ1n) is 8.44. The molecule has 0 aliphatic heterocycles. The predicted octanol–water partition coefficient (Wildman–Crippen LogP) is 2.81. The van der Waals surface area contributed by atoms with Gasteiger partial charge in [-0.25, -0.2) is 13.2 Å². The fraction of sp³-hybridized carbons (Fsp3) is 0.278. The van der Waals surface area contributed by atoms with Gasteiger partial charge in [-0.15, -0.1) is 0 Å². The molecule has 0 aliphatic carbocycles. The molecule has 0 fully saturated rings. The van der Waals surface area contributed by atoms with Crippen LogP contribution >= 0.6 is 0 Å². The Morgan fingerprint density at radius 2 is 1.69 bits per heavy atom. The van der Waals surface area contributed by atoms with Crippen molar-refractivity contribution in [1.29, 1.82) is 0 Å². The Morgan fingerprint density at radius 3 is 2.35 bits per heavy atom. The molecule has 3 rings (SSSR count). The molecule has 0 aliphatic rings. The van der Waals surface area contributed by atoms with Crippen LogP contribution in [0.5, 0.6) is 0 Å². The number of fused-ring (bicyclic) bond motifs is 1. The summed E-state index contributed by atoms with van der Waals surface area (Å²) in [6.45, 7) is 7.80. The summed E-state index contributed by atoms with van der Waals surface area (Å²) < 4.78 is 28.1. The molecule has 26 heavy (non-hydrogen) atoms. The van der Waals surface area contributed by atoms with Gasteiger partial charge in [-0.3, -0.25) is 4.72 Å². The van der Waals surface area contributed by atoms with Gasteiger partial charge in [0.15, 0.2) is 0 Å². The molecule has 1 aromatic heterocycles. The Hall–Kier alpha value is -2.74. The molecule has 0 radical (unpaired) electrons. The van der Waals surface area contributed by atoms with Gasteiger partial charge >= 0.3 is 5.69 Å². The van der Waals surface area contributed by atoms with E-state index in [2.05, 4.69) is 33.4 Å². The van der Waals surface area contributed by atoms with E-state index in [1.54, 1.807) is 12.1 Å². The monoisotopic (exact) mass is 374 g/mol. The highest BCUT2D eigenvalue weighted by Crippen LogP contribution is 2.25. The van der Waals surface area contributed by atoms with E-state index in [0.717, 1.165) is 24.3 Å². The smallest absolute Gasteiger partial charge is 0.323 e. The van der Waals surface area contributed by atoms with Gasteiger partial charge in [0.25, 0.3) is 10.0 Å². The Morgan fingerprint density at radius 1 is 1.00 bits per heavy atom. The number of aromatic amines is 2. The molecule has 138 valence electrons. The molecule has 0 spiro atoms. The molecule has 0 bridgehead atoms. The van der Waals surface area contributed by atoms with Crippen molar-refractivity contribution in [2.24, 2.45) is 0 Å². The number of nitrogens with zero attached hydrogens (tertiary/aromatic N) is 1. The van der Waals surface area contributed by atoms with Crippen molar-refractivity contribution in [3.05, 3.63) is 52.4 Å². The lowest BCUT2D eigenvalue weighted by atomic mass is 10.1. The number of aryl methyl sites for hydroxylation is 1. The molecule has 0 unspecified atom stereocenters. The van der Waals surface area contributed by atoms with Crippen molar-refractivity contribution < 1.29 is 8.42 Å². The van der Waals surface area contributed by atoms with Crippen LogP contribution in [0.4, 0.5) is 11.4 Å². The summed E-state index contributed by atoms with van der Waals surface area (Å²) in [7, 11) is -3.76. The largest absolute Gasteiger partial charge is 0.372 e. The lowest BCUT2D eigenvalue weighted by Crippen LogP contribution is -2.22. The van der Waals surface area contributed by atoms with Gasteiger partial charge < -0.3 is 14.9 Å². The van der Waals surface area contributed by atoms with E-state index in [9.17, 15) is 13.2 Å². The van der Waals surface area contributed by atoms with Crippen LogP contribution in [0, 0.1) is 6.92 Å². The van der Waals surface area contributed by atoms with Gasteiger partial charge in [0.2, 0.25) is 0 Å². The van der Waals surface area contributed by atoms with Crippen LogP contribution in [0.3, 0.4) is 0 Å². The number of sulfonamides is 1. The summed E-state index contributed by atoms with van der Waals surface area (Å²) in [5.41, 5.74) is 3.07. The van der Waals surface area contributed by atoms with E-state index in [1.807, 2.05) is 19.1 Å². The third kappa shape index (κ3) is 3.45. The van der Waals surface area contributed by atoms with Crippen molar-refractivity contribution in [2.45, 2.75) is 25.7 Å². The summed E-state index contributed by atoms with van der Waals surface area (Å²) in [5.74, 6) is 0. The topological polar surface area (TPSA) is 98.1 Å². The van der Waals surface area contributed by atoms with Crippen molar-refractivity contribution >= 4 is 32.4 Å². The summed E-state index contributed by atoms with van der Waals surface area (Å²) in [5, 5.41) is 0. The van der Waals surface area contributed by atoms with Crippen LogP contribution in [0.25, 0.3) is 11.0 Å². The second-order valence-corrected chi connectivity index (χ2v) is 7.75. The van der Waals surface area contributed by atoms with Gasteiger partial charge in [-0.05, 0) is 62.7 Å². The second kappa shape index (κ2) is 6.87. The average Bonchev–Trinajstić information content (AvgIpc) is 2.97. The van der Waals surface area contributed by atoms with Gasteiger partial charge in [-0.1, -0.05) is 0 Å². The third-order valence-electron chi connectivity index (χ3n) is 4.38. The number of benzene rings is 2. The zero-order valence-electron chi connectivity index (χ0n) is 15.0. The lowest BCUT2D eigenvalue weighted by molar-refractivity contribution is 0.601. The van der Waals surface area contributed by atoms with E-state index in [-0.39, 0.29) is 10.6 Å². The number of nitrogens with one attached hydrogen (secondary N) is 3. The molecule has 0 saturated heterocycles. The fourth-order valence-corrected chi connectivity index (χ4v) is 4.09. The first kappa shape index (κ1) is 18.1. The summed E-state index contributed by atoms with van der Waals surface area (Å²) in [4.78, 5) is 18.8. The maximum Gasteiger partial charge on any atom is 0.323 e. The minimum atomic E-state index is -3.76. The third-order valence-corrected chi connectivity index (χ3v) is 5.74. The number of aromatic nitrogens is 2. The van der Waals surface area contributed by atoms with Crippen molar-refractivity contribution in [3.8, 4) is 0 Å². The van der Waals surface area contributed by atoms with E-state index in [0.29, 0.717) is 16.7 Å². The van der Waals surface area contributed by atoms with E-state index in [4.69, 9.17) is 0 Å². The molecule has 1 heterocycles. The van der Waals surface area contributed by atoms with E-state index in [1.165, 1.54) is 12.1 Å². The van der Waals surface area contributed by atoms with Crippen LogP contribution in [-0.4, -0.2) is 31.5 Å². The van der Waals surface area contributed by atoms with Gasteiger partial charge in [0, 0.05) is 18.8 Å². The summed E-state index contributed by atoms with van der Waals surface area (Å²) >= 11 is 0. The predicted molar refractivity (Wildman–Crippen MR) is 104 cm³/mol. The van der Waals surface area contributed by atoms with Gasteiger partial charge in [0.05, 0.1) is 21.6 Å². The van der Waals surface area contributed by atoms with E-state index < -0.39 is 10.0 Å². The Balaban J connectivity index is 1.92. The zero-order valence-corrected chi connectivity index (χ0v) is 15.8. The number of anilines is 2. The molecule has 0 atom stereocenters. The molecular weight excluding hydrogens is 352 g/mol. The maximum atomic E-state index is 12.7. The normalized spacial score (nSPS) is 11.7. The van der Waals surface area contributed by atoms with Crippen molar-refractivity contribution in [1.82, 2.24) is 9.97 Å². The Labute approximate surface area is 152 Å². The fourth-order valence-electron chi connectivity index (χ4n) is 2.93. The highest BCUT2D eigenvalue weighted by atomic mass is 32.2. The molecule has 0 saturated carbocycles. The van der Waals surface area contributed by atoms with E-state index >= 15 is 0 Å². The Bertz CT molecular complexity index is 1100. The highest BCUT2D eigenvalue weighted by molar-refractivity contribution is 7.92. The first-order chi connectivity index (χ1) is 12.3. The van der Waals surface area contributed by atoms with Gasteiger partial charge in [0.1, 0.15) is 0 Å². The molecule has 3 N–H and O–H groups in total. The SMILES string of the molecule is CCN(CC)c1ccc(NS(=O)(=O)c2ccc3[nH]c(=O)[nH]c3c2)c(C)c1. The second-order valence-electron chi connectivity index (χ2n) is 6.06. The summed E-state index contributed by atoms with van der Waals surface area (Å²) in [6, 6.07) is 10.1. The summed E-state index contributed by atoms with van der Waals surface area (Å²) in [6.07, 6.45) is 0. The average molecular weight is 374 g/mol. The minimum Gasteiger partial charge on any atom is -0.372 e. The molecule has 3 aromatic rings. The number of rotatable bonds is 6. The van der Waals surface area contributed by atoms with Crippen molar-refractivity contribution in [2.75, 3.05) is 22.7 Å². The molecular formula is C18H22N4O3S. The molecule has 8 heteroatoms. The zero-order chi connectivity index (χ0) is 18.9. The number of hydrogen-bond donors (Lipinski definition) is 3. The van der Waals surface area contributed by atoms with Crippen LogP contribution in [0.1, 0.15) is 19.4 Å². The van der Waals surface area contributed by atoms with Crippen LogP contribution in [0.15, 0.2) is 46.1 Å². The van der Waals surface area contributed by atoms with Crippen molar-refractivity contribution in [3.63, 3.8) is 0 Å². The number of H-pyrrole nitrogens is 2. The van der Waals surface area contributed by atoms with Crippen LogP contribution in [-0.2, 0) is 10.0 Å². The lowest BCUT2D eigenvalue weighted by Gasteiger charge is -2.22. The van der Waals surface area contributed by atoms with Crippen LogP contribution in [0.2, 0.25) is 0 Å². The standard InChI is InChI=1S/C18H22N4O3S/c1-4-22(5-2)13-6-8-15(12(3)10-13)21-26(24,25)14-7-9-16-17(11-14)20-18(23)19-16/h6-11,21H,4-5H2,1-3H3,(H2,19,20,23). The molecule has 0 amide bonds. The number of hydrogen-bond acceptors (Lipinski definition) is 4. The maximum absolute atomic E-state index is 12.7.